The minimum Gasteiger partial charge on any atom is -0.317 e. The smallest absolute Gasteiger partial charge is 0.127 e. The molecule has 1 aliphatic heterocycles. The molecule has 0 atom stereocenters. The second kappa shape index (κ2) is 5.94. The van der Waals surface area contributed by atoms with E-state index in [4.69, 9.17) is 5.26 Å². The highest BCUT2D eigenvalue weighted by molar-refractivity contribution is 5.33. The van der Waals surface area contributed by atoms with Gasteiger partial charge in [-0.2, -0.15) is 5.26 Å². The Morgan fingerprint density at radius 2 is 2.17 bits per heavy atom. The van der Waals surface area contributed by atoms with Crippen LogP contribution in [0.3, 0.4) is 0 Å². The zero-order chi connectivity index (χ0) is 13.0. The lowest BCUT2D eigenvalue weighted by Gasteiger charge is -2.31. The summed E-state index contributed by atoms with van der Waals surface area (Å²) in [6.45, 7) is 2.61. The largest absolute Gasteiger partial charge is 0.317 e. The van der Waals surface area contributed by atoms with Crippen LogP contribution in [0.25, 0.3) is 0 Å². The normalized spacial score (nSPS) is 16.8. The molecule has 4 heteroatoms. The van der Waals surface area contributed by atoms with Crippen molar-refractivity contribution in [2.45, 2.75) is 25.4 Å². The van der Waals surface area contributed by atoms with Crippen LogP contribution in [-0.4, -0.2) is 31.1 Å². The van der Waals surface area contributed by atoms with Crippen molar-refractivity contribution >= 4 is 0 Å². The fourth-order valence-corrected chi connectivity index (χ4v) is 2.41. The van der Waals surface area contributed by atoms with E-state index in [0.717, 1.165) is 25.9 Å². The van der Waals surface area contributed by atoms with E-state index in [1.54, 1.807) is 6.07 Å². The van der Waals surface area contributed by atoms with E-state index in [1.807, 2.05) is 7.05 Å². The average molecular weight is 247 g/mol. The fraction of sp³-hybridized carbons (Fsp3) is 0.500. The maximum atomic E-state index is 13.7. The van der Waals surface area contributed by atoms with Gasteiger partial charge in [-0.25, -0.2) is 4.39 Å². The third-order valence-electron chi connectivity index (χ3n) is 3.53. The Morgan fingerprint density at radius 1 is 1.44 bits per heavy atom. The van der Waals surface area contributed by atoms with Gasteiger partial charge in [0.05, 0.1) is 11.6 Å². The number of rotatable bonds is 3. The van der Waals surface area contributed by atoms with Crippen molar-refractivity contribution in [1.29, 1.82) is 5.26 Å². The lowest BCUT2D eigenvalue weighted by atomic mass is 10.0. The van der Waals surface area contributed by atoms with Crippen LogP contribution in [0.15, 0.2) is 18.2 Å². The van der Waals surface area contributed by atoms with E-state index in [2.05, 4.69) is 16.3 Å². The maximum Gasteiger partial charge on any atom is 0.127 e. The average Bonchev–Trinajstić information content (AvgIpc) is 2.42. The van der Waals surface area contributed by atoms with Crippen LogP contribution in [0.1, 0.15) is 24.0 Å². The molecule has 0 bridgehead atoms. The van der Waals surface area contributed by atoms with Gasteiger partial charge in [-0.15, -0.1) is 0 Å². The summed E-state index contributed by atoms with van der Waals surface area (Å²) in [6.07, 6.45) is 2.19. The Morgan fingerprint density at radius 3 is 2.83 bits per heavy atom. The van der Waals surface area contributed by atoms with Gasteiger partial charge in [0.1, 0.15) is 5.82 Å². The number of nitriles is 1. The third-order valence-corrected chi connectivity index (χ3v) is 3.53. The molecule has 0 saturated carbocycles. The van der Waals surface area contributed by atoms with E-state index in [1.165, 1.54) is 12.1 Å². The standard InChI is InChI=1S/C14H18FN3/c1-18(13-4-6-17-7-5-13)10-12-8-11(9-16)2-3-14(12)15/h2-3,8,13,17H,4-7,10H2,1H3. The number of hydrogen-bond acceptors (Lipinski definition) is 3. The molecule has 1 saturated heterocycles. The topological polar surface area (TPSA) is 39.1 Å². The van der Waals surface area contributed by atoms with Crippen LogP contribution < -0.4 is 5.32 Å². The molecule has 1 heterocycles. The Balaban J connectivity index is 2.06. The van der Waals surface area contributed by atoms with Gasteiger partial charge < -0.3 is 5.32 Å². The summed E-state index contributed by atoms with van der Waals surface area (Å²) >= 11 is 0. The summed E-state index contributed by atoms with van der Waals surface area (Å²) in [5.74, 6) is -0.227. The second-order valence-corrected chi connectivity index (χ2v) is 4.81. The van der Waals surface area contributed by atoms with Crippen LogP contribution in [-0.2, 0) is 6.54 Å². The summed E-state index contributed by atoms with van der Waals surface area (Å²) < 4.78 is 13.7. The van der Waals surface area contributed by atoms with E-state index < -0.39 is 0 Å². The highest BCUT2D eigenvalue weighted by Gasteiger charge is 2.18. The number of halogens is 1. The van der Waals surface area contributed by atoms with Crippen molar-refractivity contribution in [3.8, 4) is 6.07 Å². The molecule has 0 amide bonds. The number of piperidine rings is 1. The van der Waals surface area contributed by atoms with E-state index in [0.29, 0.717) is 23.7 Å². The molecule has 1 aromatic rings. The molecule has 1 N–H and O–H groups in total. The van der Waals surface area contributed by atoms with Crippen LogP contribution >= 0.6 is 0 Å². The van der Waals surface area contributed by atoms with Gasteiger partial charge in [-0.1, -0.05) is 0 Å². The number of hydrogen-bond donors (Lipinski definition) is 1. The Labute approximate surface area is 107 Å². The lowest BCUT2D eigenvalue weighted by molar-refractivity contribution is 0.190. The second-order valence-electron chi connectivity index (χ2n) is 4.81. The number of benzene rings is 1. The molecule has 0 aromatic heterocycles. The predicted molar refractivity (Wildman–Crippen MR) is 68.5 cm³/mol. The van der Waals surface area contributed by atoms with Crippen molar-refractivity contribution < 1.29 is 4.39 Å². The van der Waals surface area contributed by atoms with Gasteiger partial charge >= 0.3 is 0 Å². The first-order valence-corrected chi connectivity index (χ1v) is 6.30. The zero-order valence-corrected chi connectivity index (χ0v) is 10.6. The van der Waals surface area contributed by atoms with Crippen molar-refractivity contribution in [3.05, 3.63) is 35.1 Å². The van der Waals surface area contributed by atoms with Gasteiger partial charge in [0.15, 0.2) is 0 Å². The van der Waals surface area contributed by atoms with Crippen LogP contribution in [0.4, 0.5) is 4.39 Å². The first kappa shape index (κ1) is 13.0. The predicted octanol–water partition coefficient (Wildman–Crippen LogP) is 1.88. The van der Waals surface area contributed by atoms with Crippen LogP contribution in [0.5, 0.6) is 0 Å². The minimum absolute atomic E-state index is 0.227. The van der Waals surface area contributed by atoms with Gasteiger partial charge in [-0.05, 0) is 51.2 Å². The molecule has 0 radical (unpaired) electrons. The van der Waals surface area contributed by atoms with Gasteiger partial charge in [0.25, 0.3) is 0 Å². The summed E-state index contributed by atoms with van der Waals surface area (Å²) in [4.78, 5) is 2.18. The molecule has 0 spiro atoms. The molecule has 1 aromatic carbocycles. The van der Waals surface area contributed by atoms with Crippen molar-refractivity contribution in [1.82, 2.24) is 10.2 Å². The minimum atomic E-state index is -0.227. The molecule has 0 aliphatic carbocycles. The quantitative estimate of drug-likeness (QED) is 0.886. The fourth-order valence-electron chi connectivity index (χ4n) is 2.41. The summed E-state index contributed by atoms with van der Waals surface area (Å²) in [5, 5.41) is 12.2. The molecule has 3 nitrogen and oxygen atoms in total. The summed E-state index contributed by atoms with van der Waals surface area (Å²) in [6, 6.07) is 7.09. The van der Waals surface area contributed by atoms with E-state index in [-0.39, 0.29) is 5.82 Å². The monoisotopic (exact) mass is 247 g/mol. The zero-order valence-electron chi connectivity index (χ0n) is 10.6. The van der Waals surface area contributed by atoms with Crippen molar-refractivity contribution in [3.63, 3.8) is 0 Å². The highest BCUT2D eigenvalue weighted by Crippen LogP contribution is 2.16. The van der Waals surface area contributed by atoms with E-state index >= 15 is 0 Å². The Bertz CT molecular complexity index is 447. The Kier molecular flexibility index (Phi) is 4.29. The first-order valence-electron chi connectivity index (χ1n) is 6.30. The molecular formula is C14H18FN3. The molecule has 2 rings (SSSR count). The number of nitrogens with zero attached hydrogens (tertiary/aromatic N) is 2. The maximum absolute atomic E-state index is 13.7. The Hall–Kier alpha value is -1.44. The molecule has 1 fully saturated rings. The van der Waals surface area contributed by atoms with Crippen molar-refractivity contribution in [2.75, 3.05) is 20.1 Å². The lowest BCUT2D eigenvalue weighted by Crippen LogP contribution is -2.40. The third kappa shape index (κ3) is 3.06. The van der Waals surface area contributed by atoms with E-state index in [9.17, 15) is 4.39 Å². The summed E-state index contributed by atoms with van der Waals surface area (Å²) in [7, 11) is 2.02. The van der Waals surface area contributed by atoms with Crippen LogP contribution in [0.2, 0.25) is 0 Å². The molecule has 18 heavy (non-hydrogen) atoms. The van der Waals surface area contributed by atoms with Gasteiger partial charge in [0, 0.05) is 18.2 Å². The highest BCUT2D eigenvalue weighted by atomic mass is 19.1. The molecular weight excluding hydrogens is 229 g/mol. The van der Waals surface area contributed by atoms with Gasteiger partial charge in [0.2, 0.25) is 0 Å². The molecule has 96 valence electrons. The molecule has 0 unspecified atom stereocenters. The number of nitrogens with one attached hydrogen (secondary N) is 1. The van der Waals surface area contributed by atoms with Crippen LogP contribution in [0, 0.1) is 17.1 Å². The van der Waals surface area contributed by atoms with Crippen molar-refractivity contribution in [2.24, 2.45) is 0 Å². The summed E-state index contributed by atoms with van der Waals surface area (Å²) in [5.41, 5.74) is 1.13. The first-order chi connectivity index (χ1) is 8.70. The molecule has 1 aliphatic rings. The van der Waals surface area contributed by atoms with Gasteiger partial charge in [-0.3, -0.25) is 4.90 Å². The SMILES string of the molecule is CN(Cc1cc(C#N)ccc1F)C1CCNCC1.